The molecule has 1 aromatic rings. The number of hydrogen-bond acceptors (Lipinski definition) is 4. The summed E-state index contributed by atoms with van der Waals surface area (Å²) in [4.78, 5) is 25.8. The first kappa shape index (κ1) is 15.5. The van der Waals surface area contributed by atoms with Gasteiger partial charge >= 0.3 is 0 Å². The standard InChI is InChI=1S/C15H24N4O2/c1-11(2)9-16-15(21)12-4-6-19(7-5-12)13-8-14(20)18(3)17-10-13/h8,10-12H,4-7,9H2,1-3H3,(H,16,21). The third-order valence-corrected chi connectivity index (χ3v) is 3.87. The van der Waals surface area contributed by atoms with Gasteiger partial charge in [-0.15, -0.1) is 0 Å². The average Bonchev–Trinajstić information content (AvgIpc) is 2.48. The second-order valence-corrected chi connectivity index (χ2v) is 6.08. The molecule has 0 aliphatic carbocycles. The van der Waals surface area contributed by atoms with Gasteiger partial charge in [-0.2, -0.15) is 5.10 Å². The first-order valence-corrected chi connectivity index (χ1v) is 7.53. The van der Waals surface area contributed by atoms with Crippen molar-refractivity contribution in [2.75, 3.05) is 24.5 Å². The van der Waals surface area contributed by atoms with Gasteiger partial charge in [-0.1, -0.05) is 13.8 Å². The molecule has 1 aliphatic rings. The predicted octanol–water partition coefficient (Wildman–Crippen LogP) is 0.769. The average molecular weight is 292 g/mol. The zero-order valence-electron chi connectivity index (χ0n) is 13.0. The number of piperidine rings is 1. The van der Waals surface area contributed by atoms with E-state index >= 15 is 0 Å². The molecular formula is C15H24N4O2. The van der Waals surface area contributed by atoms with Crippen LogP contribution in [0.15, 0.2) is 17.1 Å². The summed E-state index contributed by atoms with van der Waals surface area (Å²) >= 11 is 0. The minimum absolute atomic E-state index is 0.0829. The van der Waals surface area contributed by atoms with Crippen molar-refractivity contribution in [2.45, 2.75) is 26.7 Å². The van der Waals surface area contributed by atoms with Crippen LogP contribution in [0.2, 0.25) is 0 Å². The van der Waals surface area contributed by atoms with Gasteiger partial charge in [-0.3, -0.25) is 9.59 Å². The number of aromatic nitrogens is 2. The molecule has 0 unspecified atom stereocenters. The molecule has 2 rings (SSSR count). The Kier molecular flexibility index (Phi) is 4.98. The van der Waals surface area contributed by atoms with Crippen molar-refractivity contribution >= 4 is 11.6 Å². The topological polar surface area (TPSA) is 67.2 Å². The van der Waals surface area contributed by atoms with Crippen molar-refractivity contribution in [3.8, 4) is 0 Å². The number of carbonyl (C=O) groups excluding carboxylic acids is 1. The number of carbonyl (C=O) groups is 1. The van der Waals surface area contributed by atoms with E-state index in [9.17, 15) is 9.59 Å². The highest BCUT2D eigenvalue weighted by Crippen LogP contribution is 2.21. The molecule has 21 heavy (non-hydrogen) atoms. The summed E-state index contributed by atoms with van der Waals surface area (Å²) in [6.07, 6.45) is 3.35. The van der Waals surface area contributed by atoms with Gasteiger partial charge in [0.15, 0.2) is 0 Å². The van der Waals surface area contributed by atoms with Gasteiger partial charge in [0, 0.05) is 38.7 Å². The second-order valence-electron chi connectivity index (χ2n) is 6.08. The van der Waals surface area contributed by atoms with Crippen molar-refractivity contribution in [2.24, 2.45) is 18.9 Å². The zero-order chi connectivity index (χ0) is 15.4. The lowest BCUT2D eigenvalue weighted by Gasteiger charge is -2.32. The van der Waals surface area contributed by atoms with E-state index < -0.39 is 0 Å². The molecule has 1 amide bonds. The lowest BCUT2D eigenvalue weighted by molar-refractivity contribution is -0.125. The van der Waals surface area contributed by atoms with Gasteiger partial charge in [-0.05, 0) is 18.8 Å². The van der Waals surface area contributed by atoms with Crippen LogP contribution in [-0.4, -0.2) is 35.3 Å². The van der Waals surface area contributed by atoms with Crippen LogP contribution in [0.25, 0.3) is 0 Å². The van der Waals surface area contributed by atoms with Gasteiger partial charge in [0.1, 0.15) is 0 Å². The lowest BCUT2D eigenvalue weighted by atomic mass is 9.95. The summed E-state index contributed by atoms with van der Waals surface area (Å²) in [5.74, 6) is 0.714. The van der Waals surface area contributed by atoms with Crippen molar-refractivity contribution in [3.63, 3.8) is 0 Å². The fourth-order valence-corrected chi connectivity index (χ4v) is 2.48. The van der Waals surface area contributed by atoms with Crippen LogP contribution in [-0.2, 0) is 11.8 Å². The molecule has 1 N–H and O–H groups in total. The van der Waals surface area contributed by atoms with E-state index in [0.717, 1.165) is 38.2 Å². The van der Waals surface area contributed by atoms with Gasteiger partial charge in [-0.25, -0.2) is 4.68 Å². The van der Waals surface area contributed by atoms with Crippen LogP contribution in [0.1, 0.15) is 26.7 Å². The van der Waals surface area contributed by atoms with Crippen LogP contribution in [0.4, 0.5) is 5.69 Å². The molecule has 0 atom stereocenters. The molecule has 0 radical (unpaired) electrons. The summed E-state index contributed by atoms with van der Waals surface area (Å²) < 4.78 is 1.32. The maximum absolute atomic E-state index is 12.0. The fourth-order valence-electron chi connectivity index (χ4n) is 2.48. The van der Waals surface area contributed by atoms with Gasteiger partial charge in [0.2, 0.25) is 5.91 Å². The molecule has 1 fully saturated rings. The van der Waals surface area contributed by atoms with Crippen LogP contribution < -0.4 is 15.8 Å². The van der Waals surface area contributed by atoms with Crippen LogP contribution in [0.5, 0.6) is 0 Å². The van der Waals surface area contributed by atoms with E-state index in [4.69, 9.17) is 0 Å². The van der Waals surface area contributed by atoms with E-state index in [1.165, 1.54) is 4.68 Å². The number of rotatable bonds is 4. The zero-order valence-corrected chi connectivity index (χ0v) is 13.0. The Balaban J connectivity index is 1.89. The Hall–Kier alpha value is -1.85. The normalized spacial score (nSPS) is 16.3. The molecule has 0 aromatic carbocycles. The number of amides is 1. The summed E-state index contributed by atoms with van der Waals surface area (Å²) in [6, 6.07) is 1.60. The van der Waals surface area contributed by atoms with Gasteiger partial charge < -0.3 is 10.2 Å². The smallest absolute Gasteiger partial charge is 0.268 e. The number of anilines is 1. The Bertz CT molecular complexity index is 545. The summed E-state index contributed by atoms with van der Waals surface area (Å²) in [6.45, 7) is 6.48. The Labute approximate surface area is 125 Å². The van der Waals surface area contributed by atoms with Gasteiger partial charge in [0.25, 0.3) is 5.56 Å². The number of aryl methyl sites for hydroxylation is 1. The molecule has 6 nitrogen and oxygen atoms in total. The van der Waals surface area contributed by atoms with Crippen molar-refractivity contribution in [1.82, 2.24) is 15.1 Å². The maximum atomic E-state index is 12.0. The Morgan fingerprint density at radius 3 is 2.67 bits per heavy atom. The highest BCUT2D eigenvalue weighted by Gasteiger charge is 2.25. The van der Waals surface area contributed by atoms with E-state index in [-0.39, 0.29) is 17.4 Å². The molecule has 0 saturated carbocycles. The molecular weight excluding hydrogens is 268 g/mol. The Morgan fingerprint density at radius 1 is 1.43 bits per heavy atom. The Morgan fingerprint density at radius 2 is 2.10 bits per heavy atom. The van der Waals surface area contributed by atoms with Crippen molar-refractivity contribution in [3.05, 3.63) is 22.6 Å². The van der Waals surface area contributed by atoms with Crippen LogP contribution >= 0.6 is 0 Å². The highest BCUT2D eigenvalue weighted by molar-refractivity contribution is 5.79. The summed E-state index contributed by atoms with van der Waals surface area (Å²) in [7, 11) is 1.64. The molecule has 0 spiro atoms. The first-order valence-electron chi connectivity index (χ1n) is 7.53. The maximum Gasteiger partial charge on any atom is 0.268 e. The molecule has 1 saturated heterocycles. The third-order valence-electron chi connectivity index (χ3n) is 3.87. The number of nitrogens with one attached hydrogen (secondary N) is 1. The van der Waals surface area contributed by atoms with E-state index in [2.05, 4.69) is 29.2 Å². The SMILES string of the molecule is CC(C)CNC(=O)C1CCN(c2cnn(C)c(=O)c2)CC1. The monoisotopic (exact) mass is 292 g/mol. The van der Waals surface area contributed by atoms with Gasteiger partial charge in [0.05, 0.1) is 11.9 Å². The third kappa shape index (κ3) is 4.06. The van der Waals surface area contributed by atoms with Crippen LogP contribution in [0.3, 0.4) is 0 Å². The van der Waals surface area contributed by atoms with E-state index in [1.807, 2.05) is 0 Å². The minimum atomic E-state index is -0.107. The highest BCUT2D eigenvalue weighted by atomic mass is 16.2. The molecule has 1 aliphatic heterocycles. The molecule has 116 valence electrons. The molecule has 0 bridgehead atoms. The van der Waals surface area contributed by atoms with Crippen LogP contribution in [0, 0.1) is 11.8 Å². The quantitative estimate of drug-likeness (QED) is 0.890. The first-order chi connectivity index (χ1) is 9.97. The fraction of sp³-hybridized carbons (Fsp3) is 0.667. The molecule has 6 heteroatoms. The summed E-state index contributed by atoms with van der Waals surface area (Å²) in [5.41, 5.74) is 0.739. The predicted molar refractivity (Wildman–Crippen MR) is 82.3 cm³/mol. The lowest BCUT2D eigenvalue weighted by Crippen LogP contribution is -2.41. The van der Waals surface area contributed by atoms with Crippen molar-refractivity contribution in [1.29, 1.82) is 0 Å². The minimum Gasteiger partial charge on any atom is -0.370 e. The van der Waals surface area contributed by atoms with Crippen molar-refractivity contribution < 1.29 is 4.79 Å². The largest absolute Gasteiger partial charge is 0.370 e. The summed E-state index contributed by atoms with van der Waals surface area (Å²) in [5, 5.41) is 7.04. The number of nitrogens with zero attached hydrogens (tertiary/aromatic N) is 3. The molecule has 2 heterocycles. The number of hydrogen-bond donors (Lipinski definition) is 1. The van der Waals surface area contributed by atoms with E-state index in [1.54, 1.807) is 19.3 Å². The molecule has 1 aromatic heterocycles. The second kappa shape index (κ2) is 6.74. The van der Waals surface area contributed by atoms with E-state index in [0.29, 0.717) is 5.92 Å².